The molecule has 1 aliphatic heterocycles. The second-order valence-electron chi connectivity index (χ2n) is 5.36. The summed E-state index contributed by atoms with van der Waals surface area (Å²) < 4.78 is 1.94. The molecule has 1 atom stereocenters. The standard InChI is InChI=1S/C13H22N4/c1-3-12-13(9-16(2)15-12)17-7-6-11(8-17)14-10-4-5-10/h9-11,14H,3-8H2,1-2H3. The average Bonchev–Trinajstić information content (AvgIpc) is 2.86. The highest BCUT2D eigenvalue weighted by molar-refractivity contribution is 5.50. The minimum absolute atomic E-state index is 0.687. The fourth-order valence-electron chi connectivity index (χ4n) is 2.74. The van der Waals surface area contributed by atoms with Crippen LogP contribution in [-0.2, 0) is 13.5 Å². The highest BCUT2D eigenvalue weighted by Crippen LogP contribution is 2.26. The van der Waals surface area contributed by atoms with Gasteiger partial charge in [0, 0.05) is 38.4 Å². The van der Waals surface area contributed by atoms with Gasteiger partial charge in [-0.3, -0.25) is 4.68 Å². The number of hydrogen-bond acceptors (Lipinski definition) is 3. The Labute approximate surface area is 103 Å². The molecular weight excluding hydrogens is 212 g/mol. The summed E-state index contributed by atoms with van der Waals surface area (Å²) in [5.74, 6) is 0. The lowest BCUT2D eigenvalue weighted by molar-refractivity contribution is 0.548. The molecule has 0 aromatic carbocycles. The van der Waals surface area contributed by atoms with E-state index in [2.05, 4.69) is 28.4 Å². The van der Waals surface area contributed by atoms with E-state index in [9.17, 15) is 0 Å². The smallest absolute Gasteiger partial charge is 0.0855 e. The highest BCUT2D eigenvalue weighted by atomic mass is 15.3. The maximum Gasteiger partial charge on any atom is 0.0855 e. The van der Waals surface area contributed by atoms with Gasteiger partial charge in [-0.1, -0.05) is 6.92 Å². The Morgan fingerprint density at radius 3 is 2.88 bits per heavy atom. The average molecular weight is 234 g/mol. The third-order valence-corrected chi connectivity index (χ3v) is 3.80. The van der Waals surface area contributed by atoms with Crippen molar-refractivity contribution in [3.05, 3.63) is 11.9 Å². The van der Waals surface area contributed by atoms with Gasteiger partial charge in [0.15, 0.2) is 0 Å². The number of nitrogens with zero attached hydrogens (tertiary/aromatic N) is 3. The minimum Gasteiger partial charge on any atom is -0.367 e. The Morgan fingerprint density at radius 2 is 2.18 bits per heavy atom. The zero-order valence-electron chi connectivity index (χ0n) is 10.8. The summed E-state index contributed by atoms with van der Waals surface area (Å²) in [4.78, 5) is 2.49. The fraction of sp³-hybridized carbons (Fsp3) is 0.769. The van der Waals surface area contributed by atoms with E-state index in [0.717, 1.165) is 19.0 Å². The van der Waals surface area contributed by atoms with Crippen LogP contribution in [0.15, 0.2) is 6.20 Å². The van der Waals surface area contributed by atoms with Gasteiger partial charge in [-0.25, -0.2) is 0 Å². The van der Waals surface area contributed by atoms with Crippen molar-refractivity contribution in [1.82, 2.24) is 15.1 Å². The minimum atomic E-state index is 0.687. The molecule has 17 heavy (non-hydrogen) atoms. The topological polar surface area (TPSA) is 33.1 Å². The summed E-state index contributed by atoms with van der Waals surface area (Å²) in [6, 6.07) is 1.51. The summed E-state index contributed by atoms with van der Waals surface area (Å²) in [5, 5.41) is 8.25. The third kappa shape index (κ3) is 2.32. The number of anilines is 1. The molecule has 0 spiro atoms. The van der Waals surface area contributed by atoms with Crippen LogP contribution in [0.5, 0.6) is 0 Å². The van der Waals surface area contributed by atoms with Crippen LogP contribution in [0, 0.1) is 0 Å². The lowest BCUT2D eigenvalue weighted by Crippen LogP contribution is -2.34. The van der Waals surface area contributed by atoms with Crippen molar-refractivity contribution in [1.29, 1.82) is 0 Å². The first-order chi connectivity index (χ1) is 8.26. The molecule has 0 bridgehead atoms. The highest BCUT2D eigenvalue weighted by Gasteiger charge is 2.30. The SMILES string of the molecule is CCc1nn(C)cc1N1CCC(NC2CC2)C1. The van der Waals surface area contributed by atoms with Crippen LogP contribution in [-0.4, -0.2) is 35.0 Å². The van der Waals surface area contributed by atoms with Gasteiger partial charge in [-0.05, 0) is 25.7 Å². The Balaban J connectivity index is 1.67. The Bertz CT molecular complexity index is 394. The molecular formula is C13H22N4. The largest absolute Gasteiger partial charge is 0.367 e. The maximum atomic E-state index is 4.53. The number of aryl methyl sites for hydroxylation is 2. The summed E-state index contributed by atoms with van der Waals surface area (Å²) in [5.41, 5.74) is 2.58. The zero-order chi connectivity index (χ0) is 11.8. The van der Waals surface area contributed by atoms with Crippen LogP contribution >= 0.6 is 0 Å². The molecule has 1 N–H and O–H groups in total. The van der Waals surface area contributed by atoms with Gasteiger partial charge in [0.25, 0.3) is 0 Å². The molecule has 1 aliphatic carbocycles. The van der Waals surface area contributed by atoms with Crippen molar-refractivity contribution in [2.24, 2.45) is 7.05 Å². The predicted molar refractivity (Wildman–Crippen MR) is 69.4 cm³/mol. The van der Waals surface area contributed by atoms with Gasteiger partial charge >= 0.3 is 0 Å². The molecule has 4 heteroatoms. The van der Waals surface area contributed by atoms with Crippen LogP contribution in [0.25, 0.3) is 0 Å². The molecule has 1 saturated heterocycles. The van der Waals surface area contributed by atoms with E-state index in [4.69, 9.17) is 0 Å². The molecule has 4 nitrogen and oxygen atoms in total. The summed E-state index contributed by atoms with van der Waals surface area (Å²) in [7, 11) is 2.01. The van der Waals surface area contributed by atoms with Crippen molar-refractivity contribution in [2.45, 2.75) is 44.7 Å². The molecule has 2 fully saturated rings. The molecule has 2 heterocycles. The number of aromatic nitrogens is 2. The van der Waals surface area contributed by atoms with E-state index in [1.54, 1.807) is 0 Å². The quantitative estimate of drug-likeness (QED) is 0.853. The van der Waals surface area contributed by atoms with Crippen molar-refractivity contribution in [3.63, 3.8) is 0 Å². The molecule has 1 saturated carbocycles. The number of rotatable bonds is 4. The van der Waals surface area contributed by atoms with Crippen LogP contribution in [0.1, 0.15) is 31.9 Å². The normalized spacial score (nSPS) is 24.6. The molecule has 2 aliphatic rings. The Hall–Kier alpha value is -1.03. The van der Waals surface area contributed by atoms with Gasteiger partial charge in [0.1, 0.15) is 0 Å². The Morgan fingerprint density at radius 1 is 1.35 bits per heavy atom. The summed E-state index contributed by atoms with van der Waals surface area (Å²) in [6.45, 7) is 4.50. The molecule has 3 rings (SSSR count). The lowest BCUT2D eigenvalue weighted by atomic mass is 10.2. The Kier molecular flexibility index (Phi) is 2.82. The van der Waals surface area contributed by atoms with Gasteiger partial charge in [0.2, 0.25) is 0 Å². The molecule has 0 amide bonds. The monoisotopic (exact) mass is 234 g/mol. The molecule has 1 aromatic heterocycles. The number of nitrogens with one attached hydrogen (secondary N) is 1. The van der Waals surface area contributed by atoms with E-state index in [0.29, 0.717) is 6.04 Å². The lowest BCUT2D eigenvalue weighted by Gasteiger charge is -2.18. The first kappa shape index (κ1) is 11.1. The van der Waals surface area contributed by atoms with Gasteiger partial charge in [-0.2, -0.15) is 5.10 Å². The maximum absolute atomic E-state index is 4.53. The van der Waals surface area contributed by atoms with Crippen LogP contribution in [0.4, 0.5) is 5.69 Å². The van der Waals surface area contributed by atoms with Crippen LogP contribution in [0.3, 0.4) is 0 Å². The van der Waals surface area contributed by atoms with E-state index >= 15 is 0 Å². The predicted octanol–water partition coefficient (Wildman–Crippen LogP) is 1.31. The van der Waals surface area contributed by atoms with Gasteiger partial charge in [-0.15, -0.1) is 0 Å². The van der Waals surface area contributed by atoms with E-state index < -0.39 is 0 Å². The molecule has 1 unspecified atom stereocenters. The van der Waals surface area contributed by atoms with Crippen LogP contribution < -0.4 is 10.2 Å². The third-order valence-electron chi connectivity index (χ3n) is 3.80. The van der Waals surface area contributed by atoms with Gasteiger partial charge < -0.3 is 10.2 Å². The molecule has 0 radical (unpaired) electrons. The van der Waals surface area contributed by atoms with Crippen molar-refractivity contribution in [2.75, 3.05) is 18.0 Å². The first-order valence-electron chi connectivity index (χ1n) is 6.79. The van der Waals surface area contributed by atoms with Crippen molar-refractivity contribution >= 4 is 5.69 Å². The fourth-order valence-corrected chi connectivity index (χ4v) is 2.74. The molecule has 94 valence electrons. The van der Waals surface area contributed by atoms with Crippen molar-refractivity contribution < 1.29 is 0 Å². The zero-order valence-corrected chi connectivity index (χ0v) is 10.8. The summed E-state index contributed by atoms with van der Waals surface area (Å²) >= 11 is 0. The van der Waals surface area contributed by atoms with Crippen molar-refractivity contribution in [3.8, 4) is 0 Å². The van der Waals surface area contributed by atoms with Gasteiger partial charge in [0.05, 0.1) is 11.4 Å². The summed E-state index contributed by atoms with van der Waals surface area (Å²) in [6.07, 6.45) is 7.22. The number of hydrogen-bond donors (Lipinski definition) is 1. The first-order valence-corrected chi connectivity index (χ1v) is 6.79. The second-order valence-corrected chi connectivity index (χ2v) is 5.36. The van der Waals surface area contributed by atoms with E-state index in [-0.39, 0.29) is 0 Å². The van der Waals surface area contributed by atoms with E-state index in [1.165, 1.54) is 37.2 Å². The second kappa shape index (κ2) is 4.33. The molecule has 1 aromatic rings. The van der Waals surface area contributed by atoms with E-state index in [1.807, 2.05) is 11.7 Å². The van der Waals surface area contributed by atoms with Crippen LogP contribution in [0.2, 0.25) is 0 Å².